The summed E-state index contributed by atoms with van der Waals surface area (Å²) in [4.78, 5) is 6.88. The number of hydrogen-bond acceptors (Lipinski definition) is 2. The Kier molecular flexibility index (Phi) is 4.61. The molecule has 1 aromatic heterocycles. The van der Waals surface area contributed by atoms with Crippen molar-refractivity contribution in [2.45, 2.75) is 38.3 Å². The second-order valence-corrected chi connectivity index (χ2v) is 4.76. The second-order valence-electron chi connectivity index (χ2n) is 4.45. The number of rotatable bonds is 3. The minimum Gasteiger partial charge on any atom is -0.293 e. The standard InChI is InChI=1S/C13H19ClN2/c14-10-13-7-2-1-5-9-16(13)11-12-6-3-4-8-15-12/h3-4,6,8,13H,1-2,5,7,9-11H2. The first-order chi connectivity index (χ1) is 7.90. The highest BCUT2D eigenvalue weighted by Crippen LogP contribution is 2.19. The van der Waals surface area contributed by atoms with Crippen molar-refractivity contribution < 1.29 is 0 Å². The lowest BCUT2D eigenvalue weighted by Crippen LogP contribution is -2.35. The molecule has 0 radical (unpaired) electrons. The van der Waals surface area contributed by atoms with Crippen molar-refractivity contribution in [2.24, 2.45) is 0 Å². The van der Waals surface area contributed by atoms with Gasteiger partial charge in [-0.1, -0.05) is 18.9 Å². The van der Waals surface area contributed by atoms with Crippen LogP contribution >= 0.6 is 11.6 Å². The maximum atomic E-state index is 6.05. The molecule has 1 fully saturated rings. The van der Waals surface area contributed by atoms with E-state index in [-0.39, 0.29) is 0 Å². The third kappa shape index (κ3) is 3.19. The van der Waals surface area contributed by atoms with Crippen molar-refractivity contribution in [1.29, 1.82) is 0 Å². The summed E-state index contributed by atoms with van der Waals surface area (Å²) in [6.45, 7) is 2.10. The van der Waals surface area contributed by atoms with Crippen molar-refractivity contribution in [3.05, 3.63) is 30.1 Å². The minimum absolute atomic E-state index is 0.533. The van der Waals surface area contributed by atoms with Crippen LogP contribution in [0.15, 0.2) is 24.4 Å². The monoisotopic (exact) mass is 238 g/mol. The van der Waals surface area contributed by atoms with Crippen LogP contribution in [0.4, 0.5) is 0 Å². The molecule has 1 aliphatic heterocycles. The third-order valence-corrected chi connectivity index (χ3v) is 3.62. The zero-order valence-corrected chi connectivity index (χ0v) is 10.4. The molecule has 0 bridgehead atoms. The fourth-order valence-electron chi connectivity index (χ4n) is 2.32. The van der Waals surface area contributed by atoms with Gasteiger partial charge in [-0.25, -0.2) is 0 Å². The fourth-order valence-corrected chi connectivity index (χ4v) is 2.67. The van der Waals surface area contributed by atoms with Gasteiger partial charge in [-0.05, 0) is 31.5 Å². The molecule has 0 saturated carbocycles. The topological polar surface area (TPSA) is 16.1 Å². The summed E-state index contributed by atoms with van der Waals surface area (Å²) in [5.74, 6) is 0.743. The molecule has 0 amide bonds. The minimum atomic E-state index is 0.533. The molecule has 1 aliphatic rings. The molecule has 2 rings (SSSR count). The maximum absolute atomic E-state index is 6.05. The Morgan fingerprint density at radius 3 is 3.00 bits per heavy atom. The zero-order valence-electron chi connectivity index (χ0n) is 9.61. The third-order valence-electron chi connectivity index (χ3n) is 3.27. The van der Waals surface area contributed by atoms with Crippen LogP contribution in [-0.4, -0.2) is 28.4 Å². The maximum Gasteiger partial charge on any atom is 0.0544 e. The van der Waals surface area contributed by atoms with Gasteiger partial charge in [0, 0.05) is 24.7 Å². The summed E-state index contributed by atoms with van der Waals surface area (Å²) in [5, 5.41) is 0. The van der Waals surface area contributed by atoms with Crippen LogP contribution < -0.4 is 0 Å². The average Bonchev–Trinajstić information content (AvgIpc) is 2.55. The first-order valence-corrected chi connectivity index (χ1v) is 6.63. The van der Waals surface area contributed by atoms with Gasteiger partial charge in [-0.15, -0.1) is 11.6 Å². The molecule has 0 aromatic carbocycles. The molecule has 3 heteroatoms. The molecule has 0 aliphatic carbocycles. The molecule has 0 spiro atoms. The Bertz CT molecular complexity index is 302. The highest BCUT2D eigenvalue weighted by Gasteiger charge is 2.20. The van der Waals surface area contributed by atoms with Crippen LogP contribution in [0, 0.1) is 0 Å². The Hall–Kier alpha value is -0.600. The van der Waals surface area contributed by atoms with E-state index in [0.29, 0.717) is 6.04 Å². The summed E-state index contributed by atoms with van der Waals surface area (Å²) >= 11 is 6.05. The Morgan fingerprint density at radius 2 is 2.25 bits per heavy atom. The van der Waals surface area contributed by atoms with Gasteiger partial charge >= 0.3 is 0 Å². The Morgan fingerprint density at radius 1 is 1.31 bits per heavy atom. The van der Waals surface area contributed by atoms with Crippen molar-refractivity contribution >= 4 is 11.6 Å². The van der Waals surface area contributed by atoms with E-state index in [1.54, 1.807) is 0 Å². The van der Waals surface area contributed by atoms with E-state index in [2.05, 4.69) is 22.0 Å². The smallest absolute Gasteiger partial charge is 0.0544 e. The zero-order chi connectivity index (χ0) is 11.2. The summed E-state index contributed by atoms with van der Waals surface area (Å²) in [5.41, 5.74) is 1.15. The molecular formula is C13H19ClN2. The van der Waals surface area contributed by atoms with Gasteiger partial charge < -0.3 is 0 Å². The van der Waals surface area contributed by atoms with Crippen molar-refractivity contribution in [3.8, 4) is 0 Å². The normalized spacial score (nSPS) is 22.9. The lowest BCUT2D eigenvalue weighted by Gasteiger charge is -2.27. The number of pyridine rings is 1. The van der Waals surface area contributed by atoms with Gasteiger partial charge in [0.15, 0.2) is 0 Å². The van der Waals surface area contributed by atoms with Crippen LogP contribution in [0.3, 0.4) is 0 Å². The van der Waals surface area contributed by atoms with Crippen molar-refractivity contribution in [2.75, 3.05) is 12.4 Å². The summed E-state index contributed by atoms with van der Waals surface area (Å²) in [6.07, 6.45) is 7.04. The number of nitrogens with zero attached hydrogens (tertiary/aromatic N) is 2. The molecule has 1 atom stereocenters. The molecule has 0 N–H and O–H groups in total. The Balaban J connectivity index is 2.00. The lowest BCUT2D eigenvalue weighted by molar-refractivity contribution is 0.205. The summed E-state index contributed by atoms with van der Waals surface area (Å²) in [7, 11) is 0. The van der Waals surface area contributed by atoms with Crippen molar-refractivity contribution in [1.82, 2.24) is 9.88 Å². The van der Waals surface area contributed by atoms with E-state index in [0.717, 1.165) is 24.7 Å². The van der Waals surface area contributed by atoms with Crippen LogP contribution in [0.5, 0.6) is 0 Å². The van der Waals surface area contributed by atoms with Crippen LogP contribution in [0.1, 0.15) is 31.4 Å². The second kappa shape index (κ2) is 6.21. The van der Waals surface area contributed by atoms with E-state index in [9.17, 15) is 0 Å². The molecule has 1 unspecified atom stereocenters. The first-order valence-electron chi connectivity index (χ1n) is 6.10. The molecule has 2 nitrogen and oxygen atoms in total. The number of hydrogen-bond donors (Lipinski definition) is 0. The molecular weight excluding hydrogens is 220 g/mol. The van der Waals surface area contributed by atoms with E-state index in [4.69, 9.17) is 11.6 Å². The number of likely N-dealkylation sites (tertiary alicyclic amines) is 1. The SMILES string of the molecule is ClCC1CCCCCN1Cc1ccccn1. The molecule has 88 valence electrons. The highest BCUT2D eigenvalue weighted by atomic mass is 35.5. The van der Waals surface area contributed by atoms with Crippen LogP contribution in [0.25, 0.3) is 0 Å². The van der Waals surface area contributed by atoms with Gasteiger partial charge in [-0.2, -0.15) is 0 Å². The summed E-state index contributed by atoms with van der Waals surface area (Å²) in [6, 6.07) is 6.64. The van der Waals surface area contributed by atoms with Crippen LogP contribution in [0.2, 0.25) is 0 Å². The van der Waals surface area contributed by atoms with Gasteiger partial charge in [0.2, 0.25) is 0 Å². The first kappa shape index (κ1) is 11.9. The number of aromatic nitrogens is 1. The summed E-state index contributed by atoms with van der Waals surface area (Å²) < 4.78 is 0. The predicted molar refractivity (Wildman–Crippen MR) is 67.6 cm³/mol. The van der Waals surface area contributed by atoms with E-state index in [1.165, 1.54) is 25.7 Å². The van der Waals surface area contributed by atoms with Gasteiger partial charge in [0.1, 0.15) is 0 Å². The number of alkyl halides is 1. The highest BCUT2D eigenvalue weighted by molar-refractivity contribution is 6.18. The number of halogens is 1. The quantitative estimate of drug-likeness (QED) is 0.753. The van der Waals surface area contributed by atoms with E-state index in [1.807, 2.05) is 12.3 Å². The predicted octanol–water partition coefficient (Wildman–Crippen LogP) is 3.07. The largest absolute Gasteiger partial charge is 0.293 e. The fraction of sp³-hybridized carbons (Fsp3) is 0.615. The van der Waals surface area contributed by atoms with Crippen LogP contribution in [-0.2, 0) is 6.54 Å². The molecule has 1 saturated heterocycles. The molecule has 1 aromatic rings. The van der Waals surface area contributed by atoms with Gasteiger partial charge in [-0.3, -0.25) is 9.88 Å². The van der Waals surface area contributed by atoms with E-state index >= 15 is 0 Å². The lowest BCUT2D eigenvalue weighted by atomic mass is 10.1. The average molecular weight is 239 g/mol. The van der Waals surface area contributed by atoms with E-state index < -0.39 is 0 Å². The van der Waals surface area contributed by atoms with Gasteiger partial charge in [0.25, 0.3) is 0 Å². The molecule has 2 heterocycles. The van der Waals surface area contributed by atoms with Crippen molar-refractivity contribution in [3.63, 3.8) is 0 Å². The van der Waals surface area contributed by atoms with Gasteiger partial charge in [0.05, 0.1) is 5.69 Å². The Labute approximate surface area is 103 Å². The molecule has 16 heavy (non-hydrogen) atoms.